The predicted molar refractivity (Wildman–Crippen MR) is 81.0 cm³/mol. The standard InChI is InChI=1S/C15H21FN2O2S/c1-13(2)6-7-17-8-10-18(11-9-17)21(19,20)15-5-3-4-14(16)12-15/h3-6,12H,7-11H2,1-2H3. The average Bonchev–Trinajstić information content (AvgIpc) is 2.45. The Morgan fingerprint density at radius 3 is 2.48 bits per heavy atom. The van der Waals surface area contributed by atoms with Gasteiger partial charge in [0.25, 0.3) is 0 Å². The molecule has 0 atom stereocenters. The lowest BCUT2D eigenvalue weighted by molar-refractivity contribution is 0.204. The summed E-state index contributed by atoms with van der Waals surface area (Å²) in [6.07, 6.45) is 2.14. The first-order valence-corrected chi connectivity index (χ1v) is 8.45. The van der Waals surface area contributed by atoms with Crippen LogP contribution in [0.15, 0.2) is 40.8 Å². The first-order chi connectivity index (χ1) is 9.89. The number of piperazine rings is 1. The Morgan fingerprint density at radius 1 is 1.24 bits per heavy atom. The molecular formula is C15H21FN2O2S. The Hall–Kier alpha value is -1.24. The van der Waals surface area contributed by atoms with Crippen molar-refractivity contribution in [2.24, 2.45) is 0 Å². The van der Waals surface area contributed by atoms with E-state index in [9.17, 15) is 12.8 Å². The minimum absolute atomic E-state index is 0.0280. The molecule has 1 aliphatic heterocycles. The number of nitrogens with zero attached hydrogens (tertiary/aromatic N) is 2. The first kappa shape index (κ1) is 16.1. The van der Waals surface area contributed by atoms with Gasteiger partial charge in [-0.05, 0) is 32.0 Å². The third-order valence-electron chi connectivity index (χ3n) is 3.52. The third kappa shape index (κ3) is 4.12. The van der Waals surface area contributed by atoms with Gasteiger partial charge in [-0.25, -0.2) is 12.8 Å². The van der Waals surface area contributed by atoms with Crippen LogP contribution in [-0.4, -0.2) is 50.3 Å². The van der Waals surface area contributed by atoms with Crippen molar-refractivity contribution in [1.82, 2.24) is 9.21 Å². The zero-order valence-electron chi connectivity index (χ0n) is 12.4. The van der Waals surface area contributed by atoms with Gasteiger partial charge in [-0.1, -0.05) is 17.7 Å². The molecule has 0 aromatic heterocycles. The molecule has 0 amide bonds. The first-order valence-electron chi connectivity index (χ1n) is 7.01. The number of allylic oxidation sites excluding steroid dienone is 1. The summed E-state index contributed by atoms with van der Waals surface area (Å²) in [5, 5.41) is 0. The van der Waals surface area contributed by atoms with Crippen LogP contribution in [0.4, 0.5) is 4.39 Å². The second-order valence-corrected chi connectivity index (χ2v) is 7.38. The van der Waals surface area contributed by atoms with E-state index >= 15 is 0 Å². The van der Waals surface area contributed by atoms with Crippen molar-refractivity contribution in [3.05, 3.63) is 41.7 Å². The molecule has 0 unspecified atom stereocenters. The van der Waals surface area contributed by atoms with Crippen molar-refractivity contribution in [3.63, 3.8) is 0 Å². The number of sulfonamides is 1. The van der Waals surface area contributed by atoms with Gasteiger partial charge in [0.15, 0.2) is 0 Å². The fourth-order valence-electron chi connectivity index (χ4n) is 2.24. The van der Waals surface area contributed by atoms with Crippen molar-refractivity contribution in [1.29, 1.82) is 0 Å². The monoisotopic (exact) mass is 312 g/mol. The van der Waals surface area contributed by atoms with Gasteiger partial charge in [-0.2, -0.15) is 4.31 Å². The maximum Gasteiger partial charge on any atom is 0.243 e. The lowest BCUT2D eigenvalue weighted by Gasteiger charge is -2.33. The Bertz CT molecular complexity index is 616. The van der Waals surface area contributed by atoms with E-state index in [2.05, 4.69) is 11.0 Å². The summed E-state index contributed by atoms with van der Waals surface area (Å²) in [6.45, 7) is 7.20. The zero-order valence-corrected chi connectivity index (χ0v) is 13.2. The smallest absolute Gasteiger partial charge is 0.243 e. The maximum atomic E-state index is 13.2. The van der Waals surface area contributed by atoms with E-state index < -0.39 is 15.8 Å². The van der Waals surface area contributed by atoms with E-state index in [0.29, 0.717) is 26.2 Å². The molecule has 1 aromatic rings. The molecule has 1 saturated heterocycles. The summed E-state index contributed by atoms with van der Waals surface area (Å²) in [4.78, 5) is 2.24. The SMILES string of the molecule is CC(C)=CCN1CCN(S(=O)(=O)c2cccc(F)c2)CC1. The van der Waals surface area contributed by atoms with E-state index in [1.807, 2.05) is 13.8 Å². The molecule has 0 bridgehead atoms. The van der Waals surface area contributed by atoms with Crippen LogP contribution in [0.2, 0.25) is 0 Å². The highest BCUT2D eigenvalue weighted by Crippen LogP contribution is 2.18. The Labute approximate surface area is 125 Å². The second-order valence-electron chi connectivity index (χ2n) is 5.44. The van der Waals surface area contributed by atoms with Gasteiger partial charge in [0.2, 0.25) is 10.0 Å². The van der Waals surface area contributed by atoms with Gasteiger partial charge in [0.1, 0.15) is 5.82 Å². The normalized spacial score (nSPS) is 17.7. The van der Waals surface area contributed by atoms with E-state index in [4.69, 9.17) is 0 Å². The van der Waals surface area contributed by atoms with Crippen LogP contribution in [0.5, 0.6) is 0 Å². The Kier molecular flexibility index (Phi) is 5.13. The minimum atomic E-state index is -3.59. The maximum absolute atomic E-state index is 13.2. The molecule has 4 nitrogen and oxygen atoms in total. The Balaban J connectivity index is 2.03. The van der Waals surface area contributed by atoms with Gasteiger partial charge in [-0.3, -0.25) is 4.90 Å². The van der Waals surface area contributed by atoms with Crippen molar-refractivity contribution < 1.29 is 12.8 Å². The molecule has 116 valence electrons. The van der Waals surface area contributed by atoms with Gasteiger partial charge < -0.3 is 0 Å². The van der Waals surface area contributed by atoms with E-state index in [1.54, 1.807) is 0 Å². The van der Waals surface area contributed by atoms with Gasteiger partial charge >= 0.3 is 0 Å². The molecule has 1 aliphatic rings. The highest BCUT2D eigenvalue weighted by molar-refractivity contribution is 7.89. The second kappa shape index (κ2) is 6.68. The summed E-state index contributed by atoms with van der Waals surface area (Å²) in [7, 11) is -3.59. The molecule has 21 heavy (non-hydrogen) atoms. The minimum Gasteiger partial charge on any atom is -0.297 e. The van der Waals surface area contributed by atoms with Crippen LogP contribution in [0.3, 0.4) is 0 Å². The molecule has 2 rings (SSSR count). The van der Waals surface area contributed by atoms with Crippen LogP contribution in [0, 0.1) is 5.82 Å². The molecule has 0 N–H and O–H groups in total. The quantitative estimate of drug-likeness (QED) is 0.800. The van der Waals surface area contributed by atoms with E-state index in [1.165, 1.54) is 28.1 Å². The molecule has 0 spiro atoms. The number of benzene rings is 1. The van der Waals surface area contributed by atoms with E-state index in [0.717, 1.165) is 12.6 Å². The molecule has 1 heterocycles. The lowest BCUT2D eigenvalue weighted by atomic mass is 10.3. The molecule has 1 aromatic carbocycles. The third-order valence-corrected chi connectivity index (χ3v) is 5.42. The highest BCUT2D eigenvalue weighted by atomic mass is 32.2. The summed E-state index contributed by atoms with van der Waals surface area (Å²) in [5.41, 5.74) is 1.25. The van der Waals surface area contributed by atoms with Gasteiger partial charge in [-0.15, -0.1) is 0 Å². The summed E-state index contributed by atoms with van der Waals surface area (Å²) in [5.74, 6) is -0.529. The number of rotatable bonds is 4. The molecule has 6 heteroatoms. The fourth-order valence-corrected chi connectivity index (χ4v) is 3.69. The predicted octanol–water partition coefficient (Wildman–Crippen LogP) is 2.10. The zero-order chi connectivity index (χ0) is 15.5. The number of hydrogen-bond donors (Lipinski definition) is 0. The number of hydrogen-bond acceptors (Lipinski definition) is 3. The lowest BCUT2D eigenvalue weighted by Crippen LogP contribution is -2.48. The summed E-state index contributed by atoms with van der Waals surface area (Å²) >= 11 is 0. The fraction of sp³-hybridized carbons (Fsp3) is 0.467. The molecule has 0 saturated carbocycles. The molecule has 1 fully saturated rings. The van der Waals surface area contributed by atoms with Crippen molar-refractivity contribution in [2.45, 2.75) is 18.7 Å². The molecule has 0 radical (unpaired) electrons. The van der Waals surface area contributed by atoms with Crippen molar-refractivity contribution >= 4 is 10.0 Å². The van der Waals surface area contributed by atoms with Crippen LogP contribution in [0.25, 0.3) is 0 Å². The van der Waals surface area contributed by atoms with Gasteiger partial charge in [0.05, 0.1) is 4.90 Å². The van der Waals surface area contributed by atoms with E-state index in [-0.39, 0.29) is 4.90 Å². The summed E-state index contributed by atoms with van der Waals surface area (Å²) < 4.78 is 39.5. The highest BCUT2D eigenvalue weighted by Gasteiger charge is 2.28. The summed E-state index contributed by atoms with van der Waals surface area (Å²) in [6, 6.07) is 5.18. The number of halogens is 1. The average molecular weight is 312 g/mol. The van der Waals surface area contributed by atoms with Crippen molar-refractivity contribution in [2.75, 3.05) is 32.7 Å². The van der Waals surface area contributed by atoms with Crippen LogP contribution in [0.1, 0.15) is 13.8 Å². The molecular weight excluding hydrogens is 291 g/mol. The molecule has 0 aliphatic carbocycles. The largest absolute Gasteiger partial charge is 0.297 e. The van der Waals surface area contributed by atoms with Crippen LogP contribution in [-0.2, 0) is 10.0 Å². The van der Waals surface area contributed by atoms with Crippen LogP contribution < -0.4 is 0 Å². The van der Waals surface area contributed by atoms with Gasteiger partial charge in [0, 0.05) is 32.7 Å². The van der Waals surface area contributed by atoms with Crippen molar-refractivity contribution in [3.8, 4) is 0 Å². The topological polar surface area (TPSA) is 40.6 Å². The van der Waals surface area contributed by atoms with Crippen LogP contribution >= 0.6 is 0 Å². The Morgan fingerprint density at radius 2 is 1.90 bits per heavy atom.